The number of benzene rings is 1. The second-order valence-electron chi connectivity index (χ2n) is 6.22. The van der Waals surface area contributed by atoms with Crippen LogP contribution < -0.4 is 10.5 Å². The molecule has 3 rings (SSSR count). The Hall–Kier alpha value is -1.92. The Morgan fingerprint density at radius 3 is 2.77 bits per heavy atom. The van der Waals surface area contributed by atoms with E-state index in [2.05, 4.69) is 22.0 Å². The molecule has 1 aromatic carbocycles. The number of aromatic nitrogens is 2. The molecule has 0 radical (unpaired) electrons. The highest BCUT2D eigenvalue weighted by Gasteiger charge is 2.33. The van der Waals surface area contributed by atoms with Gasteiger partial charge in [-0.1, -0.05) is 12.1 Å². The Labute approximate surface area is 130 Å². The van der Waals surface area contributed by atoms with E-state index in [9.17, 15) is 0 Å². The fraction of sp³-hybridized carbons (Fsp3) is 0.500. The number of ether oxygens (including phenoxy) is 1. The standard InChI is InChI=1S/C16H22N4O2/c1-16(10-17)7-8-20(11-16)9-14-18-15(19-22-14)12-3-5-13(21-2)6-4-12/h3-6H,7-11,17H2,1-2H3. The van der Waals surface area contributed by atoms with Crippen molar-refractivity contribution in [3.8, 4) is 17.1 Å². The van der Waals surface area contributed by atoms with E-state index in [0.717, 1.165) is 30.8 Å². The van der Waals surface area contributed by atoms with Crippen molar-refractivity contribution >= 4 is 0 Å². The Kier molecular flexibility index (Phi) is 4.13. The summed E-state index contributed by atoms with van der Waals surface area (Å²) in [7, 11) is 1.65. The SMILES string of the molecule is COc1ccc(-c2noc(CN3CCC(C)(CN)C3)n2)cc1. The lowest BCUT2D eigenvalue weighted by Crippen LogP contribution is -2.31. The molecule has 1 atom stereocenters. The van der Waals surface area contributed by atoms with Gasteiger partial charge in [0, 0.05) is 12.1 Å². The first-order valence-electron chi connectivity index (χ1n) is 7.51. The van der Waals surface area contributed by atoms with E-state index >= 15 is 0 Å². The molecule has 1 aliphatic rings. The van der Waals surface area contributed by atoms with Crippen LogP contribution in [0.3, 0.4) is 0 Å². The topological polar surface area (TPSA) is 77.4 Å². The van der Waals surface area contributed by atoms with Crippen molar-refractivity contribution in [3.63, 3.8) is 0 Å². The zero-order chi connectivity index (χ0) is 15.6. The van der Waals surface area contributed by atoms with Gasteiger partial charge in [0.2, 0.25) is 11.7 Å². The molecule has 1 aromatic heterocycles. The van der Waals surface area contributed by atoms with Crippen LogP contribution in [0.2, 0.25) is 0 Å². The molecule has 0 aliphatic carbocycles. The lowest BCUT2D eigenvalue weighted by molar-refractivity contribution is 0.239. The Morgan fingerprint density at radius 1 is 1.36 bits per heavy atom. The minimum absolute atomic E-state index is 0.207. The van der Waals surface area contributed by atoms with Gasteiger partial charge in [-0.2, -0.15) is 4.98 Å². The first kappa shape index (κ1) is 15.0. The Balaban J connectivity index is 1.66. The zero-order valence-corrected chi connectivity index (χ0v) is 13.1. The van der Waals surface area contributed by atoms with Crippen LogP contribution in [0.1, 0.15) is 19.2 Å². The number of hydrogen-bond acceptors (Lipinski definition) is 6. The average Bonchev–Trinajstić information content (AvgIpc) is 3.16. The Morgan fingerprint density at radius 2 is 2.14 bits per heavy atom. The summed E-state index contributed by atoms with van der Waals surface area (Å²) in [6.45, 7) is 5.62. The minimum Gasteiger partial charge on any atom is -0.497 e. The number of hydrogen-bond donors (Lipinski definition) is 1. The van der Waals surface area contributed by atoms with Gasteiger partial charge in [-0.3, -0.25) is 4.90 Å². The fourth-order valence-electron chi connectivity index (χ4n) is 2.80. The monoisotopic (exact) mass is 302 g/mol. The summed E-state index contributed by atoms with van der Waals surface area (Å²) in [5, 5.41) is 4.06. The van der Waals surface area contributed by atoms with Crippen LogP contribution in [-0.2, 0) is 6.54 Å². The summed E-state index contributed by atoms with van der Waals surface area (Å²) in [5.74, 6) is 2.07. The number of rotatable bonds is 5. The third-order valence-corrected chi connectivity index (χ3v) is 4.30. The first-order chi connectivity index (χ1) is 10.6. The van der Waals surface area contributed by atoms with Crippen LogP contribution >= 0.6 is 0 Å². The van der Waals surface area contributed by atoms with E-state index < -0.39 is 0 Å². The maximum atomic E-state index is 5.84. The molecule has 0 spiro atoms. The summed E-state index contributed by atoms with van der Waals surface area (Å²) in [6, 6.07) is 7.63. The lowest BCUT2D eigenvalue weighted by atomic mass is 9.90. The van der Waals surface area contributed by atoms with Gasteiger partial charge in [0.25, 0.3) is 0 Å². The zero-order valence-electron chi connectivity index (χ0n) is 13.1. The number of nitrogens with two attached hydrogens (primary N) is 1. The highest BCUT2D eigenvalue weighted by atomic mass is 16.5. The third kappa shape index (κ3) is 3.13. The van der Waals surface area contributed by atoms with Crippen LogP contribution in [0.15, 0.2) is 28.8 Å². The molecule has 6 heteroatoms. The van der Waals surface area contributed by atoms with Crippen molar-refractivity contribution in [2.75, 3.05) is 26.7 Å². The maximum absolute atomic E-state index is 5.84. The van der Waals surface area contributed by atoms with E-state index in [-0.39, 0.29) is 5.41 Å². The molecule has 1 fully saturated rings. The van der Waals surface area contributed by atoms with Gasteiger partial charge in [0.05, 0.1) is 13.7 Å². The summed E-state index contributed by atoms with van der Waals surface area (Å²) < 4.78 is 10.5. The second-order valence-corrected chi connectivity index (χ2v) is 6.22. The number of likely N-dealkylation sites (tertiary alicyclic amines) is 1. The predicted molar refractivity (Wildman–Crippen MR) is 83.3 cm³/mol. The molecule has 2 heterocycles. The van der Waals surface area contributed by atoms with Gasteiger partial charge in [0.1, 0.15) is 5.75 Å². The van der Waals surface area contributed by atoms with Crippen LogP contribution in [0.5, 0.6) is 5.75 Å². The summed E-state index contributed by atoms with van der Waals surface area (Å²) >= 11 is 0. The van der Waals surface area contributed by atoms with E-state index in [1.54, 1.807) is 7.11 Å². The molecular formula is C16H22N4O2. The lowest BCUT2D eigenvalue weighted by Gasteiger charge is -2.21. The fourth-order valence-corrected chi connectivity index (χ4v) is 2.80. The third-order valence-electron chi connectivity index (χ3n) is 4.30. The molecule has 22 heavy (non-hydrogen) atoms. The van der Waals surface area contributed by atoms with Gasteiger partial charge in [-0.05, 0) is 49.2 Å². The number of methoxy groups -OCH3 is 1. The first-order valence-corrected chi connectivity index (χ1v) is 7.51. The summed E-state index contributed by atoms with van der Waals surface area (Å²) in [6.07, 6.45) is 1.11. The van der Waals surface area contributed by atoms with Crippen LogP contribution in [0.25, 0.3) is 11.4 Å². The average molecular weight is 302 g/mol. The highest BCUT2D eigenvalue weighted by Crippen LogP contribution is 2.29. The van der Waals surface area contributed by atoms with Gasteiger partial charge in [-0.15, -0.1) is 0 Å². The maximum Gasteiger partial charge on any atom is 0.241 e. The van der Waals surface area contributed by atoms with Crippen LogP contribution in [0, 0.1) is 5.41 Å². The summed E-state index contributed by atoms with van der Waals surface area (Å²) in [4.78, 5) is 6.80. The molecule has 1 unspecified atom stereocenters. The molecule has 2 N–H and O–H groups in total. The van der Waals surface area contributed by atoms with E-state index in [1.807, 2.05) is 24.3 Å². The second kappa shape index (κ2) is 6.06. The van der Waals surface area contributed by atoms with Crippen LogP contribution in [-0.4, -0.2) is 41.8 Å². The smallest absolute Gasteiger partial charge is 0.241 e. The van der Waals surface area contributed by atoms with Crippen molar-refractivity contribution in [2.24, 2.45) is 11.1 Å². The molecule has 118 valence electrons. The van der Waals surface area contributed by atoms with Gasteiger partial charge in [0.15, 0.2) is 0 Å². The summed E-state index contributed by atoms with van der Waals surface area (Å²) in [5.41, 5.74) is 6.97. The van der Waals surface area contributed by atoms with Crippen molar-refractivity contribution in [1.82, 2.24) is 15.0 Å². The Bertz CT molecular complexity index is 625. The van der Waals surface area contributed by atoms with Gasteiger partial charge in [-0.25, -0.2) is 0 Å². The largest absolute Gasteiger partial charge is 0.497 e. The predicted octanol–water partition coefficient (Wildman–Crippen LogP) is 1.92. The molecule has 2 aromatic rings. The minimum atomic E-state index is 0.207. The van der Waals surface area contributed by atoms with Crippen molar-refractivity contribution < 1.29 is 9.26 Å². The highest BCUT2D eigenvalue weighted by molar-refractivity contribution is 5.55. The van der Waals surface area contributed by atoms with E-state index in [1.165, 1.54) is 0 Å². The molecule has 0 saturated carbocycles. The van der Waals surface area contributed by atoms with Gasteiger partial charge >= 0.3 is 0 Å². The van der Waals surface area contributed by atoms with Crippen molar-refractivity contribution in [2.45, 2.75) is 19.9 Å². The molecule has 0 amide bonds. The van der Waals surface area contributed by atoms with Crippen molar-refractivity contribution in [3.05, 3.63) is 30.2 Å². The molecular weight excluding hydrogens is 280 g/mol. The van der Waals surface area contributed by atoms with E-state index in [4.69, 9.17) is 15.0 Å². The van der Waals surface area contributed by atoms with Crippen molar-refractivity contribution in [1.29, 1.82) is 0 Å². The van der Waals surface area contributed by atoms with Gasteiger partial charge < -0.3 is 15.0 Å². The van der Waals surface area contributed by atoms with E-state index in [0.29, 0.717) is 24.8 Å². The van der Waals surface area contributed by atoms with Crippen LogP contribution in [0.4, 0.5) is 0 Å². The molecule has 1 aliphatic heterocycles. The molecule has 0 bridgehead atoms. The normalized spacial score (nSPS) is 22.1. The number of nitrogens with zero attached hydrogens (tertiary/aromatic N) is 3. The molecule has 1 saturated heterocycles. The molecule has 6 nitrogen and oxygen atoms in total. The quantitative estimate of drug-likeness (QED) is 0.909.